The number of hydrogen-bond donors (Lipinski definition) is 3. The predicted molar refractivity (Wildman–Crippen MR) is 122 cm³/mol. The van der Waals surface area contributed by atoms with E-state index < -0.39 is 0 Å². The van der Waals surface area contributed by atoms with E-state index in [1.54, 1.807) is 30.6 Å². The van der Waals surface area contributed by atoms with Crippen LogP contribution in [0.25, 0.3) is 11.0 Å². The number of fused-ring (bicyclic) bond motifs is 1. The second kappa shape index (κ2) is 8.41. The number of benzene rings is 2. The van der Waals surface area contributed by atoms with Crippen LogP contribution in [0.4, 0.5) is 5.69 Å². The molecular formula is C24H21ClN4O2. The number of anilines is 1. The molecule has 31 heavy (non-hydrogen) atoms. The number of ether oxygens (including phenoxy) is 1. The number of ketones is 1. The lowest BCUT2D eigenvalue weighted by Gasteiger charge is -2.14. The van der Waals surface area contributed by atoms with Gasteiger partial charge in [0, 0.05) is 42.3 Å². The minimum absolute atomic E-state index is 0.164. The van der Waals surface area contributed by atoms with E-state index in [4.69, 9.17) is 16.3 Å². The fraction of sp³-hybridized carbons (Fsp3) is 0.167. The molecule has 1 aliphatic rings. The van der Waals surface area contributed by atoms with E-state index in [0.717, 1.165) is 30.6 Å². The summed E-state index contributed by atoms with van der Waals surface area (Å²) in [5.74, 6) is 1.12. The molecule has 156 valence electrons. The van der Waals surface area contributed by atoms with Gasteiger partial charge in [-0.15, -0.1) is 0 Å². The number of para-hydroxylation sites is 1. The van der Waals surface area contributed by atoms with Crippen molar-refractivity contribution in [1.82, 2.24) is 15.3 Å². The number of nitrogens with zero attached hydrogens (tertiary/aromatic N) is 1. The van der Waals surface area contributed by atoms with Crippen molar-refractivity contribution < 1.29 is 9.53 Å². The number of aromatic nitrogens is 2. The van der Waals surface area contributed by atoms with Gasteiger partial charge in [0.1, 0.15) is 17.1 Å². The number of carbonyl (C=O) groups excluding carboxylic acids is 1. The Morgan fingerprint density at radius 1 is 1.10 bits per heavy atom. The average Bonchev–Trinajstić information content (AvgIpc) is 3.44. The molecule has 1 saturated heterocycles. The summed E-state index contributed by atoms with van der Waals surface area (Å²) in [6.07, 6.45) is 4.47. The highest BCUT2D eigenvalue weighted by molar-refractivity contribution is 6.35. The Morgan fingerprint density at radius 2 is 1.97 bits per heavy atom. The molecule has 1 fully saturated rings. The Morgan fingerprint density at radius 3 is 2.74 bits per heavy atom. The Labute approximate surface area is 184 Å². The van der Waals surface area contributed by atoms with Crippen LogP contribution >= 0.6 is 11.6 Å². The van der Waals surface area contributed by atoms with Crippen molar-refractivity contribution in [3.05, 3.63) is 83.1 Å². The van der Waals surface area contributed by atoms with Gasteiger partial charge in [0.05, 0.1) is 16.0 Å². The topological polar surface area (TPSA) is 79.0 Å². The van der Waals surface area contributed by atoms with Gasteiger partial charge in [-0.25, -0.2) is 4.98 Å². The van der Waals surface area contributed by atoms with Gasteiger partial charge in [-0.2, -0.15) is 0 Å². The van der Waals surface area contributed by atoms with Crippen LogP contribution in [0.15, 0.2) is 67.0 Å². The molecule has 4 aromatic rings. The van der Waals surface area contributed by atoms with E-state index in [2.05, 4.69) is 20.6 Å². The van der Waals surface area contributed by atoms with Crippen molar-refractivity contribution >= 4 is 34.1 Å². The van der Waals surface area contributed by atoms with Gasteiger partial charge < -0.3 is 20.4 Å². The molecule has 2 aromatic carbocycles. The Balaban J connectivity index is 1.46. The maximum atomic E-state index is 13.4. The van der Waals surface area contributed by atoms with Crippen molar-refractivity contribution in [2.24, 2.45) is 0 Å². The van der Waals surface area contributed by atoms with Crippen LogP contribution < -0.4 is 15.4 Å². The molecule has 0 aliphatic carbocycles. The maximum absolute atomic E-state index is 13.4. The molecule has 3 N–H and O–H groups in total. The van der Waals surface area contributed by atoms with Crippen LogP contribution in [0.5, 0.6) is 11.5 Å². The lowest BCUT2D eigenvalue weighted by Crippen LogP contribution is -2.22. The van der Waals surface area contributed by atoms with E-state index in [9.17, 15) is 4.79 Å². The third-order valence-electron chi connectivity index (χ3n) is 5.40. The fourth-order valence-electron chi connectivity index (χ4n) is 3.87. The molecule has 6 nitrogen and oxygen atoms in total. The summed E-state index contributed by atoms with van der Waals surface area (Å²) in [5, 5.41) is 8.00. The highest BCUT2D eigenvalue weighted by atomic mass is 35.5. The van der Waals surface area contributed by atoms with Crippen molar-refractivity contribution in [2.75, 3.05) is 18.4 Å². The van der Waals surface area contributed by atoms with Gasteiger partial charge in [-0.05, 0) is 43.3 Å². The third-order valence-corrected chi connectivity index (χ3v) is 5.71. The predicted octanol–water partition coefficient (Wildman–Crippen LogP) is 5.01. The normalized spacial score (nSPS) is 15.8. The number of aromatic amines is 1. The van der Waals surface area contributed by atoms with Crippen LogP contribution in [0.2, 0.25) is 5.02 Å². The fourth-order valence-corrected chi connectivity index (χ4v) is 4.12. The average molecular weight is 433 g/mol. The van der Waals surface area contributed by atoms with Crippen molar-refractivity contribution in [2.45, 2.75) is 12.5 Å². The van der Waals surface area contributed by atoms with Crippen molar-refractivity contribution in [3.8, 4) is 11.5 Å². The Bertz CT molecular complexity index is 1230. The lowest BCUT2D eigenvalue weighted by molar-refractivity contribution is 0.104. The second-order valence-corrected chi connectivity index (χ2v) is 7.91. The first-order valence-corrected chi connectivity index (χ1v) is 10.6. The van der Waals surface area contributed by atoms with E-state index in [0.29, 0.717) is 39.3 Å². The Hall–Kier alpha value is -3.35. The second-order valence-electron chi connectivity index (χ2n) is 7.50. The molecule has 0 saturated carbocycles. The number of rotatable bonds is 6. The van der Waals surface area contributed by atoms with Gasteiger partial charge in [-0.1, -0.05) is 29.8 Å². The minimum atomic E-state index is -0.164. The van der Waals surface area contributed by atoms with Crippen LogP contribution in [-0.2, 0) is 0 Å². The SMILES string of the molecule is O=C(c1ccc(Oc2ccccc2)cc1Cl)c1c[nH]c2nccc(NC3CCNC3)c12. The van der Waals surface area contributed by atoms with Crippen LogP contribution in [0.1, 0.15) is 22.3 Å². The van der Waals surface area contributed by atoms with Gasteiger partial charge in [-0.3, -0.25) is 4.79 Å². The summed E-state index contributed by atoms with van der Waals surface area (Å²) >= 11 is 6.49. The number of pyridine rings is 1. The smallest absolute Gasteiger partial charge is 0.196 e. The summed E-state index contributed by atoms with van der Waals surface area (Å²) in [7, 11) is 0. The molecule has 0 spiro atoms. The zero-order valence-corrected chi connectivity index (χ0v) is 17.4. The molecule has 0 radical (unpaired) electrons. The maximum Gasteiger partial charge on any atom is 0.196 e. The van der Waals surface area contributed by atoms with E-state index >= 15 is 0 Å². The van der Waals surface area contributed by atoms with Crippen LogP contribution in [0, 0.1) is 0 Å². The summed E-state index contributed by atoms with van der Waals surface area (Å²) in [5.41, 5.74) is 2.51. The van der Waals surface area contributed by atoms with Gasteiger partial charge in [0.15, 0.2) is 5.78 Å². The molecule has 7 heteroatoms. The van der Waals surface area contributed by atoms with Gasteiger partial charge >= 0.3 is 0 Å². The number of carbonyl (C=O) groups is 1. The molecular weight excluding hydrogens is 412 g/mol. The van der Waals surface area contributed by atoms with Crippen molar-refractivity contribution in [3.63, 3.8) is 0 Å². The molecule has 3 heterocycles. The number of nitrogens with one attached hydrogen (secondary N) is 3. The van der Waals surface area contributed by atoms with Gasteiger partial charge in [0.2, 0.25) is 0 Å². The van der Waals surface area contributed by atoms with Crippen LogP contribution in [-0.4, -0.2) is 34.9 Å². The minimum Gasteiger partial charge on any atom is -0.457 e. The number of hydrogen-bond acceptors (Lipinski definition) is 5. The van der Waals surface area contributed by atoms with Crippen LogP contribution in [0.3, 0.4) is 0 Å². The summed E-state index contributed by atoms with van der Waals surface area (Å²) < 4.78 is 5.82. The molecule has 1 aliphatic heterocycles. The standard InChI is InChI=1S/C24H21ClN4O2/c25-20-12-17(31-16-4-2-1-3-5-16)6-7-18(20)23(30)19-14-28-24-22(19)21(9-11-27-24)29-15-8-10-26-13-15/h1-7,9,11-12,14-15,26H,8,10,13H2,(H2,27,28,29). The summed E-state index contributed by atoms with van der Waals surface area (Å²) in [6, 6.07) is 16.8. The molecule has 1 unspecified atom stereocenters. The monoisotopic (exact) mass is 432 g/mol. The van der Waals surface area contributed by atoms with Crippen molar-refractivity contribution in [1.29, 1.82) is 0 Å². The zero-order valence-electron chi connectivity index (χ0n) is 16.7. The molecule has 0 amide bonds. The van der Waals surface area contributed by atoms with E-state index in [1.165, 1.54) is 0 Å². The molecule has 2 aromatic heterocycles. The van der Waals surface area contributed by atoms with E-state index in [1.807, 2.05) is 36.4 Å². The quantitative estimate of drug-likeness (QED) is 0.373. The molecule has 5 rings (SSSR count). The number of halogens is 1. The zero-order chi connectivity index (χ0) is 21.2. The lowest BCUT2D eigenvalue weighted by atomic mass is 10.0. The molecule has 1 atom stereocenters. The molecule has 0 bridgehead atoms. The third kappa shape index (κ3) is 4.00. The Kier molecular flexibility index (Phi) is 5.32. The van der Waals surface area contributed by atoms with E-state index in [-0.39, 0.29) is 5.78 Å². The first-order valence-electron chi connectivity index (χ1n) is 10.2. The highest BCUT2D eigenvalue weighted by Crippen LogP contribution is 2.32. The summed E-state index contributed by atoms with van der Waals surface area (Å²) in [4.78, 5) is 20.9. The first kappa shape index (κ1) is 19.6. The largest absolute Gasteiger partial charge is 0.457 e. The summed E-state index contributed by atoms with van der Waals surface area (Å²) in [6.45, 7) is 1.88. The van der Waals surface area contributed by atoms with Gasteiger partial charge in [0.25, 0.3) is 0 Å². The number of H-pyrrole nitrogens is 1. The highest BCUT2D eigenvalue weighted by Gasteiger charge is 2.22. The first-order chi connectivity index (χ1) is 15.2.